The van der Waals surface area contributed by atoms with Gasteiger partial charge in [-0.05, 0) is 36.0 Å². The van der Waals surface area contributed by atoms with Gasteiger partial charge in [-0.2, -0.15) is 0 Å². The third-order valence-corrected chi connectivity index (χ3v) is 4.93. The van der Waals surface area contributed by atoms with Crippen LogP contribution in [-0.2, 0) is 16.1 Å². The van der Waals surface area contributed by atoms with Crippen LogP contribution >= 0.6 is 23.4 Å². The average molecular weight is 439 g/mol. The predicted octanol–water partition coefficient (Wildman–Crippen LogP) is 3.57. The summed E-state index contributed by atoms with van der Waals surface area (Å²) >= 11 is 6.41. The number of carbonyl (C=O) groups is 3. The van der Waals surface area contributed by atoms with E-state index < -0.39 is 33.5 Å². The zero-order valence-electron chi connectivity index (χ0n) is 14.6. The number of amides is 2. The highest BCUT2D eigenvalue weighted by Gasteiger charge is 2.36. The van der Waals surface area contributed by atoms with Gasteiger partial charge in [-0.3, -0.25) is 24.6 Å². The minimum absolute atomic E-state index is 0.0223. The number of furan rings is 1. The van der Waals surface area contributed by atoms with E-state index in [1.54, 1.807) is 0 Å². The molecule has 1 aliphatic rings. The third kappa shape index (κ3) is 4.10. The van der Waals surface area contributed by atoms with Crippen molar-refractivity contribution in [3.05, 3.63) is 61.4 Å². The van der Waals surface area contributed by atoms with Gasteiger partial charge in [0, 0.05) is 16.7 Å². The maximum atomic E-state index is 12.6. The van der Waals surface area contributed by atoms with Crippen molar-refractivity contribution >= 4 is 52.2 Å². The van der Waals surface area contributed by atoms with E-state index >= 15 is 0 Å². The number of esters is 1. The lowest BCUT2D eigenvalue weighted by Crippen LogP contribution is -2.27. The number of hydrogen-bond acceptors (Lipinski definition) is 9. The Morgan fingerprint density at radius 2 is 2.14 bits per heavy atom. The highest BCUT2D eigenvalue weighted by molar-refractivity contribution is 8.18. The second-order valence-corrected chi connectivity index (χ2v) is 7.07. The molecule has 0 radical (unpaired) electrons. The molecule has 12 heteroatoms. The van der Waals surface area contributed by atoms with Crippen LogP contribution < -0.4 is 0 Å². The molecule has 2 amide bonds. The first-order valence-electron chi connectivity index (χ1n) is 7.80. The number of carbonyl (C=O) groups excluding carboxylic acids is 3. The van der Waals surface area contributed by atoms with Crippen LogP contribution in [0.3, 0.4) is 0 Å². The summed E-state index contributed by atoms with van der Waals surface area (Å²) in [7, 11) is 1.18. The van der Waals surface area contributed by atoms with Gasteiger partial charge in [0.05, 0.1) is 23.5 Å². The van der Waals surface area contributed by atoms with Crippen molar-refractivity contribution in [3.8, 4) is 5.75 Å². The molecule has 0 bridgehead atoms. The largest absolute Gasteiger partial charge is 0.502 e. The molecular weight excluding hydrogens is 428 g/mol. The molecule has 1 aromatic heterocycles. The van der Waals surface area contributed by atoms with E-state index in [2.05, 4.69) is 4.74 Å². The normalized spacial score (nSPS) is 15.2. The molecule has 1 aromatic carbocycles. The van der Waals surface area contributed by atoms with E-state index in [0.717, 1.165) is 17.0 Å². The van der Waals surface area contributed by atoms with Crippen molar-refractivity contribution in [2.75, 3.05) is 7.11 Å². The molecule has 1 saturated heterocycles. The van der Waals surface area contributed by atoms with Gasteiger partial charge in [0.15, 0.2) is 0 Å². The van der Waals surface area contributed by atoms with Crippen molar-refractivity contribution in [1.29, 1.82) is 0 Å². The van der Waals surface area contributed by atoms with Crippen molar-refractivity contribution in [1.82, 2.24) is 4.90 Å². The number of halogens is 1. The third-order valence-electron chi connectivity index (χ3n) is 3.80. The van der Waals surface area contributed by atoms with Gasteiger partial charge in [0.2, 0.25) is 11.5 Å². The second-order valence-electron chi connectivity index (χ2n) is 5.65. The zero-order chi connectivity index (χ0) is 21.3. The summed E-state index contributed by atoms with van der Waals surface area (Å²) in [5, 5.41) is 20.4. The molecule has 3 rings (SSSR count). The zero-order valence-corrected chi connectivity index (χ0v) is 16.2. The van der Waals surface area contributed by atoms with E-state index in [-0.39, 0.29) is 33.6 Å². The van der Waals surface area contributed by atoms with Crippen LogP contribution in [0.2, 0.25) is 5.02 Å². The Kier molecular flexibility index (Phi) is 5.62. The summed E-state index contributed by atoms with van der Waals surface area (Å²) in [6.07, 6.45) is 1.14. The summed E-state index contributed by atoms with van der Waals surface area (Å²) in [5.41, 5.74) is -0.713. The Morgan fingerprint density at radius 3 is 2.79 bits per heavy atom. The molecule has 1 aliphatic heterocycles. The van der Waals surface area contributed by atoms with Gasteiger partial charge < -0.3 is 14.3 Å². The van der Waals surface area contributed by atoms with Crippen LogP contribution in [0.15, 0.2) is 33.6 Å². The lowest BCUT2D eigenvalue weighted by Gasteiger charge is -2.10. The molecule has 2 aromatic rings. The molecule has 2 heterocycles. The first kappa shape index (κ1) is 20.4. The Balaban J connectivity index is 1.86. The number of aromatic hydroxyl groups is 1. The molecule has 1 fully saturated rings. The fraction of sp³-hybridized carbons (Fsp3) is 0.118. The number of ether oxygens (including phenoxy) is 1. The fourth-order valence-electron chi connectivity index (χ4n) is 2.46. The van der Waals surface area contributed by atoms with Crippen LogP contribution in [0.5, 0.6) is 5.75 Å². The Hall–Kier alpha value is -3.31. The van der Waals surface area contributed by atoms with Gasteiger partial charge in [-0.1, -0.05) is 11.6 Å². The summed E-state index contributed by atoms with van der Waals surface area (Å²) < 4.78 is 9.76. The van der Waals surface area contributed by atoms with Gasteiger partial charge in [-0.15, -0.1) is 0 Å². The number of nitro benzene ring substituents is 1. The van der Waals surface area contributed by atoms with E-state index in [0.29, 0.717) is 11.8 Å². The number of nitrogens with zero attached hydrogens (tertiary/aromatic N) is 2. The van der Waals surface area contributed by atoms with Crippen LogP contribution in [0.25, 0.3) is 6.08 Å². The monoisotopic (exact) mass is 438 g/mol. The molecule has 10 nitrogen and oxygen atoms in total. The van der Waals surface area contributed by atoms with Gasteiger partial charge in [-0.25, -0.2) is 4.79 Å². The maximum Gasteiger partial charge on any atom is 0.373 e. The number of phenols is 1. The minimum Gasteiger partial charge on any atom is -0.502 e. The van der Waals surface area contributed by atoms with Crippen molar-refractivity contribution in [2.45, 2.75) is 6.54 Å². The number of benzene rings is 1. The summed E-state index contributed by atoms with van der Waals surface area (Å²) in [4.78, 5) is 47.2. The Bertz CT molecular complexity index is 1080. The van der Waals surface area contributed by atoms with Crippen LogP contribution in [0.1, 0.15) is 21.9 Å². The van der Waals surface area contributed by atoms with Crippen molar-refractivity contribution in [3.63, 3.8) is 0 Å². The number of methoxy groups -OCH3 is 1. The van der Waals surface area contributed by atoms with E-state index in [9.17, 15) is 29.6 Å². The smallest absolute Gasteiger partial charge is 0.373 e. The average Bonchev–Trinajstić information content (AvgIpc) is 3.24. The topological polar surface area (TPSA) is 140 Å². The first-order chi connectivity index (χ1) is 13.7. The van der Waals surface area contributed by atoms with E-state index in [1.807, 2.05) is 0 Å². The summed E-state index contributed by atoms with van der Waals surface area (Å²) in [6, 6.07) is 4.97. The number of imide groups is 1. The minimum atomic E-state index is -0.819. The molecule has 0 saturated carbocycles. The number of nitro groups is 1. The summed E-state index contributed by atoms with van der Waals surface area (Å²) in [6.45, 7) is -0.235. The maximum absolute atomic E-state index is 12.6. The van der Waals surface area contributed by atoms with Gasteiger partial charge in [0.25, 0.3) is 11.1 Å². The van der Waals surface area contributed by atoms with Crippen LogP contribution in [0, 0.1) is 10.1 Å². The molecular formula is C17H11ClN2O8S. The second kappa shape index (κ2) is 7.97. The SMILES string of the molecule is COC(=O)c1ccc(CN2C(=O)S/C(=C/c3cc(Cl)cc([N+](=O)[O-])c3O)C2=O)o1. The number of hydrogen-bond donors (Lipinski definition) is 1. The number of thioether (sulfide) groups is 1. The quantitative estimate of drug-likeness (QED) is 0.321. The first-order valence-corrected chi connectivity index (χ1v) is 9.00. The highest BCUT2D eigenvalue weighted by Crippen LogP contribution is 2.38. The fourth-order valence-corrected chi connectivity index (χ4v) is 3.51. The van der Waals surface area contributed by atoms with Crippen molar-refractivity contribution in [2.24, 2.45) is 0 Å². The molecule has 150 valence electrons. The Morgan fingerprint density at radius 1 is 1.41 bits per heavy atom. The molecule has 0 aliphatic carbocycles. The number of rotatable bonds is 5. The lowest BCUT2D eigenvalue weighted by molar-refractivity contribution is -0.385. The summed E-state index contributed by atoms with van der Waals surface area (Å²) in [5.74, 6) is -1.99. The van der Waals surface area contributed by atoms with Gasteiger partial charge in [0.1, 0.15) is 5.76 Å². The molecule has 29 heavy (non-hydrogen) atoms. The number of phenolic OH excluding ortho intramolecular Hbond substituents is 1. The van der Waals surface area contributed by atoms with Crippen LogP contribution in [0.4, 0.5) is 10.5 Å². The van der Waals surface area contributed by atoms with Gasteiger partial charge >= 0.3 is 11.7 Å². The Labute approximate surface area is 171 Å². The standard InChI is InChI=1S/C17H11ClN2O8S/c1-27-16(23)12-3-2-10(28-12)7-19-15(22)13(29-17(19)24)5-8-4-9(18)6-11(14(8)21)20(25)26/h2-6,21H,7H2,1H3/b13-5+. The predicted molar refractivity (Wildman–Crippen MR) is 101 cm³/mol. The highest BCUT2D eigenvalue weighted by atomic mass is 35.5. The molecule has 0 atom stereocenters. The van der Waals surface area contributed by atoms with E-state index in [4.69, 9.17) is 16.0 Å². The lowest BCUT2D eigenvalue weighted by atomic mass is 10.1. The molecule has 0 spiro atoms. The van der Waals surface area contributed by atoms with Crippen molar-refractivity contribution < 1.29 is 33.6 Å². The molecule has 1 N–H and O–H groups in total. The van der Waals surface area contributed by atoms with E-state index in [1.165, 1.54) is 25.3 Å². The van der Waals surface area contributed by atoms with Crippen LogP contribution in [-0.4, -0.2) is 39.2 Å². The molecule has 0 unspecified atom stereocenters.